The Morgan fingerprint density at radius 3 is 2.91 bits per heavy atom. The number of ether oxygens (including phenoxy) is 1. The third-order valence-electron chi connectivity index (χ3n) is 2.44. The Balaban J connectivity index is 2.40. The first-order valence-corrected chi connectivity index (χ1v) is 4.29. The minimum Gasteiger partial charge on any atom is -0.380 e. The summed E-state index contributed by atoms with van der Waals surface area (Å²) in [6.07, 6.45) is 0.995. The van der Waals surface area contributed by atoms with Crippen LogP contribution in [0.5, 0.6) is 0 Å². The van der Waals surface area contributed by atoms with E-state index in [4.69, 9.17) is 10.5 Å². The molecule has 0 spiro atoms. The van der Waals surface area contributed by atoms with Crippen molar-refractivity contribution >= 4 is 0 Å². The molecule has 66 valence electrons. The Labute approximate surface area is 68.5 Å². The maximum absolute atomic E-state index is 5.93. The summed E-state index contributed by atoms with van der Waals surface area (Å²) in [5.74, 6) is 0. The summed E-state index contributed by atoms with van der Waals surface area (Å²) in [5, 5.41) is 0. The molecule has 0 saturated carbocycles. The Morgan fingerprint density at radius 1 is 1.64 bits per heavy atom. The van der Waals surface area contributed by atoms with Crippen LogP contribution < -0.4 is 5.73 Å². The number of rotatable bonds is 2. The monoisotopic (exact) mass is 158 g/mol. The average Bonchev–Trinajstić information content (AvgIpc) is 2.04. The molecule has 0 radical (unpaired) electrons. The maximum atomic E-state index is 5.93. The van der Waals surface area contributed by atoms with E-state index in [-0.39, 0.29) is 0 Å². The average molecular weight is 158 g/mol. The molecule has 1 aliphatic heterocycles. The molecule has 11 heavy (non-hydrogen) atoms. The highest BCUT2D eigenvalue weighted by molar-refractivity contribution is 4.82. The van der Waals surface area contributed by atoms with Crippen molar-refractivity contribution in [2.75, 3.05) is 26.8 Å². The minimum absolute atomic E-state index is 0.300. The SMILES string of the molecule is CCN(C)C1COCCC1N. The minimum atomic E-state index is 0.300. The van der Waals surface area contributed by atoms with Gasteiger partial charge in [0.25, 0.3) is 0 Å². The molecule has 2 N–H and O–H groups in total. The molecule has 2 unspecified atom stereocenters. The van der Waals surface area contributed by atoms with Gasteiger partial charge in [-0.25, -0.2) is 0 Å². The van der Waals surface area contributed by atoms with Crippen molar-refractivity contribution in [3.05, 3.63) is 0 Å². The molecule has 0 aromatic heterocycles. The highest BCUT2D eigenvalue weighted by Gasteiger charge is 2.24. The quantitative estimate of drug-likeness (QED) is 0.617. The lowest BCUT2D eigenvalue weighted by Gasteiger charge is -2.35. The molecule has 0 aliphatic carbocycles. The summed E-state index contributed by atoms with van der Waals surface area (Å²) in [5.41, 5.74) is 5.93. The van der Waals surface area contributed by atoms with Gasteiger partial charge in [0, 0.05) is 18.7 Å². The zero-order valence-corrected chi connectivity index (χ0v) is 7.42. The van der Waals surface area contributed by atoms with Crippen molar-refractivity contribution < 1.29 is 4.74 Å². The van der Waals surface area contributed by atoms with Gasteiger partial charge in [-0.05, 0) is 20.0 Å². The Morgan fingerprint density at radius 2 is 2.36 bits per heavy atom. The first-order chi connectivity index (χ1) is 5.25. The molecule has 1 rings (SSSR count). The van der Waals surface area contributed by atoms with Gasteiger partial charge in [-0.2, -0.15) is 0 Å². The molecule has 1 heterocycles. The summed E-state index contributed by atoms with van der Waals surface area (Å²) in [6, 6.07) is 0.724. The summed E-state index contributed by atoms with van der Waals surface area (Å²) in [4.78, 5) is 2.25. The zero-order chi connectivity index (χ0) is 8.27. The van der Waals surface area contributed by atoms with Gasteiger partial charge in [0.05, 0.1) is 6.61 Å². The first-order valence-electron chi connectivity index (χ1n) is 4.29. The van der Waals surface area contributed by atoms with E-state index in [0.29, 0.717) is 12.1 Å². The lowest BCUT2D eigenvalue weighted by Crippen LogP contribution is -2.52. The van der Waals surface area contributed by atoms with Crippen LogP contribution in [-0.2, 0) is 4.74 Å². The molecule has 1 saturated heterocycles. The highest BCUT2D eigenvalue weighted by atomic mass is 16.5. The number of nitrogens with two attached hydrogens (primary N) is 1. The van der Waals surface area contributed by atoms with Crippen LogP contribution in [0.1, 0.15) is 13.3 Å². The second-order valence-electron chi connectivity index (χ2n) is 3.17. The summed E-state index contributed by atoms with van der Waals surface area (Å²) in [6.45, 7) is 4.81. The third kappa shape index (κ3) is 2.15. The topological polar surface area (TPSA) is 38.5 Å². The van der Waals surface area contributed by atoms with E-state index in [1.165, 1.54) is 0 Å². The molecule has 2 atom stereocenters. The van der Waals surface area contributed by atoms with Gasteiger partial charge in [-0.15, -0.1) is 0 Å². The smallest absolute Gasteiger partial charge is 0.0636 e. The molecular formula is C8H18N2O. The highest BCUT2D eigenvalue weighted by Crippen LogP contribution is 2.10. The van der Waals surface area contributed by atoms with Crippen LogP contribution in [0.25, 0.3) is 0 Å². The van der Waals surface area contributed by atoms with Crippen molar-refractivity contribution in [2.24, 2.45) is 5.73 Å². The molecular weight excluding hydrogens is 140 g/mol. The van der Waals surface area contributed by atoms with Gasteiger partial charge >= 0.3 is 0 Å². The van der Waals surface area contributed by atoms with Crippen LogP contribution in [0.2, 0.25) is 0 Å². The fourth-order valence-electron chi connectivity index (χ4n) is 1.43. The van der Waals surface area contributed by atoms with Crippen LogP contribution in [0, 0.1) is 0 Å². The van der Waals surface area contributed by atoms with E-state index in [0.717, 1.165) is 26.2 Å². The van der Waals surface area contributed by atoms with Crippen molar-refractivity contribution in [2.45, 2.75) is 25.4 Å². The molecule has 3 nitrogen and oxygen atoms in total. The molecule has 0 bridgehead atoms. The molecule has 0 aromatic carbocycles. The van der Waals surface area contributed by atoms with Crippen LogP contribution in [-0.4, -0.2) is 43.8 Å². The fraction of sp³-hybridized carbons (Fsp3) is 1.00. The van der Waals surface area contributed by atoms with E-state index in [2.05, 4.69) is 18.9 Å². The lowest BCUT2D eigenvalue weighted by molar-refractivity contribution is 0.0171. The molecule has 1 aliphatic rings. The van der Waals surface area contributed by atoms with E-state index in [1.54, 1.807) is 0 Å². The van der Waals surface area contributed by atoms with Crippen molar-refractivity contribution in [3.63, 3.8) is 0 Å². The standard InChI is InChI=1S/C8H18N2O/c1-3-10(2)8-6-11-5-4-7(8)9/h7-8H,3-6,9H2,1-2H3. The van der Waals surface area contributed by atoms with Gasteiger partial charge in [0.2, 0.25) is 0 Å². The number of likely N-dealkylation sites (N-methyl/N-ethyl adjacent to an activating group) is 1. The predicted molar refractivity (Wildman–Crippen MR) is 45.5 cm³/mol. The van der Waals surface area contributed by atoms with Gasteiger partial charge < -0.3 is 10.5 Å². The Kier molecular flexibility index (Phi) is 3.30. The van der Waals surface area contributed by atoms with Crippen LogP contribution in [0.4, 0.5) is 0 Å². The zero-order valence-electron chi connectivity index (χ0n) is 7.42. The fourth-order valence-corrected chi connectivity index (χ4v) is 1.43. The third-order valence-corrected chi connectivity index (χ3v) is 2.44. The number of hydrogen-bond donors (Lipinski definition) is 1. The Bertz CT molecular complexity index is 115. The first kappa shape index (κ1) is 8.97. The number of hydrogen-bond acceptors (Lipinski definition) is 3. The van der Waals surface area contributed by atoms with Crippen LogP contribution in [0.15, 0.2) is 0 Å². The number of nitrogens with zero attached hydrogens (tertiary/aromatic N) is 1. The second kappa shape index (κ2) is 4.04. The maximum Gasteiger partial charge on any atom is 0.0636 e. The molecule has 1 fully saturated rings. The summed E-state index contributed by atoms with van der Waals surface area (Å²) >= 11 is 0. The summed E-state index contributed by atoms with van der Waals surface area (Å²) in [7, 11) is 2.10. The lowest BCUT2D eigenvalue weighted by atomic mass is 10.0. The van der Waals surface area contributed by atoms with E-state index in [9.17, 15) is 0 Å². The normalized spacial score (nSPS) is 32.7. The predicted octanol–water partition coefficient (Wildman–Crippen LogP) is 0.0543. The van der Waals surface area contributed by atoms with Gasteiger partial charge in [0.1, 0.15) is 0 Å². The van der Waals surface area contributed by atoms with Crippen molar-refractivity contribution in [1.29, 1.82) is 0 Å². The van der Waals surface area contributed by atoms with Gasteiger partial charge in [-0.1, -0.05) is 6.92 Å². The van der Waals surface area contributed by atoms with Crippen LogP contribution >= 0.6 is 0 Å². The van der Waals surface area contributed by atoms with E-state index < -0.39 is 0 Å². The van der Waals surface area contributed by atoms with Crippen LogP contribution in [0.3, 0.4) is 0 Å². The second-order valence-corrected chi connectivity index (χ2v) is 3.17. The summed E-state index contributed by atoms with van der Waals surface area (Å²) < 4.78 is 5.35. The Hall–Kier alpha value is -0.120. The van der Waals surface area contributed by atoms with Gasteiger partial charge in [0.15, 0.2) is 0 Å². The molecule has 0 aromatic rings. The van der Waals surface area contributed by atoms with Crippen molar-refractivity contribution in [3.8, 4) is 0 Å². The largest absolute Gasteiger partial charge is 0.380 e. The van der Waals surface area contributed by atoms with E-state index in [1.807, 2.05) is 0 Å². The molecule has 0 amide bonds. The van der Waals surface area contributed by atoms with E-state index >= 15 is 0 Å². The molecule has 3 heteroatoms. The van der Waals surface area contributed by atoms with Crippen molar-refractivity contribution in [1.82, 2.24) is 4.90 Å². The van der Waals surface area contributed by atoms with Gasteiger partial charge in [-0.3, -0.25) is 4.90 Å².